The molecular formula is C21H18F4N4O3. The molecule has 0 unspecified atom stereocenters. The van der Waals surface area contributed by atoms with E-state index in [4.69, 9.17) is 0 Å². The number of aromatic nitrogens is 4. The van der Waals surface area contributed by atoms with Crippen LogP contribution in [0.1, 0.15) is 42.2 Å². The van der Waals surface area contributed by atoms with Gasteiger partial charge in [0.1, 0.15) is 5.69 Å². The summed E-state index contributed by atoms with van der Waals surface area (Å²) in [6, 6.07) is 5.67. The molecule has 1 aromatic carbocycles. The number of H-pyrrole nitrogens is 1. The molecule has 0 spiro atoms. The lowest BCUT2D eigenvalue weighted by atomic mass is 9.84. The molecule has 0 bridgehead atoms. The van der Waals surface area contributed by atoms with Gasteiger partial charge in [-0.3, -0.25) is 9.59 Å². The summed E-state index contributed by atoms with van der Waals surface area (Å²) in [4.78, 5) is 39.5. The van der Waals surface area contributed by atoms with Crippen molar-refractivity contribution in [1.82, 2.24) is 19.9 Å². The van der Waals surface area contributed by atoms with Gasteiger partial charge in [-0.1, -0.05) is 19.9 Å². The SMILES string of the molecule is CC(C)[C@@H](CC(=O)c1cc(=O)[nH]c(-c2ncccn2)n1)c1ccc(OC(F)(F)F)c(F)c1. The van der Waals surface area contributed by atoms with Gasteiger partial charge in [0.2, 0.25) is 0 Å². The molecule has 0 saturated carbocycles. The number of ketones is 1. The Morgan fingerprint density at radius 1 is 1.16 bits per heavy atom. The van der Waals surface area contributed by atoms with Crippen LogP contribution in [0, 0.1) is 11.7 Å². The Morgan fingerprint density at radius 2 is 1.84 bits per heavy atom. The maximum Gasteiger partial charge on any atom is 0.573 e. The molecule has 11 heteroatoms. The first kappa shape index (κ1) is 23.0. The van der Waals surface area contributed by atoms with Crippen LogP contribution in [0.3, 0.4) is 0 Å². The standard InChI is InChI=1S/C21H18F4N4O3/c1-11(2)13(12-4-5-17(14(22)8-12)32-21(23,24)25)9-16(30)15-10-18(31)29-20(28-15)19-26-6-3-7-27-19/h3-8,10-11,13H,9H2,1-2H3,(H,28,29,31)/t13-/m1/s1. The number of rotatable bonds is 7. The number of nitrogens with one attached hydrogen (secondary N) is 1. The van der Waals surface area contributed by atoms with E-state index in [0.717, 1.165) is 18.2 Å². The molecule has 0 fully saturated rings. The highest BCUT2D eigenvalue weighted by molar-refractivity contribution is 5.95. The van der Waals surface area contributed by atoms with E-state index in [-0.39, 0.29) is 29.7 Å². The molecule has 32 heavy (non-hydrogen) atoms. The van der Waals surface area contributed by atoms with Gasteiger partial charge in [0.25, 0.3) is 5.56 Å². The molecule has 1 atom stereocenters. The quantitative estimate of drug-likeness (QED) is 0.426. The van der Waals surface area contributed by atoms with Crippen molar-refractivity contribution in [2.45, 2.75) is 32.5 Å². The minimum absolute atomic E-state index is 0.0160. The molecule has 3 aromatic rings. The van der Waals surface area contributed by atoms with E-state index in [1.807, 2.05) is 0 Å². The van der Waals surface area contributed by atoms with Crippen LogP contribution in [0.25, 0.3) is 11.6 Å². The summed E-state index contributed by atoms with van der Waals surface area (Å²) in [5, 5.41) is 0. The average molecular weight is 450 g/mol. The van der Waals surface area contributed by atoms with Gasteiger partial charge in [-0.05, 0) is 35.6 Å². The molecule has 0 saturated heterocycles. The van der Waals surface area contributed by atoms with Crippen molar-refractivity contribution < 1.29 is 27.1 Å². The number of benzene rings is 1. The Balaban J connectivity index is 1.87. The minimum atomic E-state index is -5.03. The summed E-state index contributed by atoms with van der Waals surface area (Å²) in [7, 11) is 0. The first-order chi connectivity index (χ1) is 15.0. The fourth-order valence-electron chi connectivity index (χ4n) is 3.13. The summed E-state index contributed by atoms with van der Waals surface area (Å²) in [5.41, 5.74) is -0.386. The molecule has 0 aliphatic heterocycles. The molecule has 0 amide bonds. The van der Waals surface area contributed by atoms with E-state index in [0.29, 0.717) is 5.56 Å². The number of halogens is 4. The highest BCUT2D eigenvalue weighted by Gasteiger charge is 2.33. The number of ether oxygens (including phenoxy) is 1. The van der Waals surface area contributed by atoms with Crippen molar-refractivity contribution >= 4 is 5.78 Å². The van der Waals surface area contributed by atoms with Crippen molar-refractivity contribution in [3.8, 4) is 17.4 Å². The van der Waals surface area contributed by atoms with Gasteiger partial charge in [0, 0.05) is 24.9 Å². The highest BCUT2D eigenvalue weighted by Crippen LogP contribution is 2.33. The van der Waals surface area contributed by atoms with E-state index in [1.165, 1.54) is 18.5 Å². The summed E-state index contributed by atoms with van der Waals surface area (Å²) in [5.74, 6) is -3.23. The van der Waals surface area contributed by atoms with Gasteiger partial charge < -0.3 is 9.72 Å². The zero-order valence-electron chi connectivity index (χ0n) is 17.0. The van der Waals surface area contributed by atoms with Gasteiger partial charge in [-0.25, -0.2) is 19.3 Å². The van der Waals surface area contributed by atoms with E-state index in [9.17, 15) is 27.2 Å². The number of alkyl halides is 3. The van der Waals surface area contributed by atoms with Crippen molar-refractivity contribution in [3.05, 3.63) is 70.2 Å². The third kappa shape index (κ3) is 5.74. The topological polar surface area (TPSA) is 97.8 Å². The van der Waals surface area contributed by atoms with Crippen molar-refractivity contribution in [1.29, 1.82) is 0 Å². The normalized spacial score (nSPS) is 12.6. The molecular weight excluding hydrogens is 432 g/mol. The molecule has 2 heterocycles. The lowest BCUT2D eigenvalue weighted by molar-refractivity contribution is -0.275. The fourth-order valence-corrected chi connectivity index (χ4v) is 3.13. The third-order valence-corrected chi connectivity index (χ3v) is 4.62. The van der Waals surface area contributed by atoms with Gasteiger partial charge in [0.15, 0.2) is 29.0 Å². The Bertz CT molecular complexity index is 1160. The summed E-state index contributed by atoms with van der Waals surface area (Å²) in [6.07, 6.45) is -2.28. The lowest BCUT2D eigenvalue weighted by Gasteiger charge is -2.21. The summed E-state index contributed by atoms with van der Waals surface area (Å²) in [6.45, 7) is 3.56. The van der Waals surface area contributed by atoms with Crippen LogP contribution in [0.2, 0.25) is 0 Å². The zero-order valence-corrected chi connectivity index (χ0v) is 17.0. The summed E-state index contributed by atoms with van der Waals surface area (Å²) >= 11 is 0. The number of Topliss-reactive ketones (excluding diaryl/α,β-unsaturated/α-hetero) is 1. The molecule has 0 aliphatic rings. The number of carbonyl (C=O) groups excluding carboxylic acids is 1. The lowest BCUT2D eigenvalue weighted by Crippen LogP contribution is -2.19. The summed E-state index contributed by atoms with van der Waals surface area (Å²) < 4.78 is 55.0. The smallest absolute Gasteiger partial charge is 0.403 e. The maximum absolute atomic E-state index is 14.2. The Labute approximate surface area is 179 Å². The second kappa shape index (κ2) is 9.25. The third-order valence-electron chi connectivity index (χ3n) is 4.62. The molecule has 7 nitrogen and oxygen atoms in total. The number of carbonyl (C=O) groups is 1. The van der Waals surface area contributed by atoms with Gasteiger partial charge in [-0.15, -0.1) is 13.2 Å². The Morgan fingerprint density at radius 3 is 2.44 bits per heavy atom. The van der Waals surface area contributed by atoms with Gasteiger partial charge >= 0.3 is 6.36 Å². The van der Waals surface area contributed by atoms with Crippen LogP contribution in [-0.4, -0.2) is 32.1 Å². The van der Waals surface area contributed by atoms with Gasteiger partial charge in [0.05, 0.1) is 0 Å². The van der Waals surface area contributed by atoms with Gasteiger partial charge in [-0.2, -0.15) is 0 Å². The molecule has 2 aromatic heterocycles. The van der Waals surface area contributed by atoms with Crippen LogP contribution < -0.4 is 10.3 Å². The fraction of sp³-hybridized carbons (Fsp3) is 0.286. The Kier molecular flexibility index (Phi) is 6.66. The predicted octanol–water partition coefficient (Wildman–Crippen LogP) is 4.28. The van der Waals surface area contributed by atoms with Crippen LogP contribution in [0.15, 0.2) is 47.5 Å². The Hall–Kier alpha value is -3.63. The number of hydrogen-bond donors (Lipinski definition) is 1. The maximum atomic E-state index is 14.2. The van der Waals surface area contributed by atoms with E-state index in [2.05, 4.69) is 24.7 Å². The second-order valence-corrected chi connectivity index (χ2v) is 7.27. The van der Waals surface area contributed by atoms with Crippen molar-refractivity contribution in [3.63, 3.8) is 0 Å². The molecule has 0 radical (unpaired) electrons. The van der Waals surface area contributed by atoms with E-state index < -0.39 is 35.2 Å². The minimum Gasteiger partial charge on any atom is -0.403 e. The van der Waals surface area contributed by atoms with Crippen LogP contribution >= 0.6 is 0 Å². The molecule has 1 N–H and O–H groups in total. The van der Waals surface area contributed by atoms with Crippen LogP contribution in [-0.2, 0) is 0 Å². The first-order valence-corrected chi connectivity index (χ1v) is 9.50. The average Bonchev–Trinajstić information content (AvgIpc) is 2.72. The largest absolute Gasteiger partial charge is 0.573 e. The van der Waals surface area contributed by atoms with Crippen molar-refractivity contribution in [2.75, 3.05) is 0 Å². The molecule has 3 rings (SSSR count). The first-order valence-electron chi connectivity index (χ1n) is 9.50. The van der Waals surface area contributed by atoms with Crippen molar-refractivity contribution in [2.24, 2.45) is 5.92 Å². The molecule has 168 valence electrons. The van der Waals surface area contributed by atoms with E-state index >= 15 is 0 Å². The highest BCUT2D eigenvalue weighted by atomic mass is 19.4. The van der Waals surface area contributed by atoms with Crippen LogP contribution in [0.5, 0.6) is 5.75 Å². The number of hydrogen-bond acceptors (Lipinski definition) is 6. The van der Waals surface area contributed by atoms with E-state index in [1.54, 1.807) is 19.9 Å². The predicted molar refractivity (Wildman–Crippen MR) is 105 cm³/mol. The second-order valence-electron chi connectivity index (χ2n) is 7.27. The monoisotopic (exact) mass is 450 g/mol. The van der Waals surface area contributed by atoms with Crippen LogP contribution in [0.4, 0.5) is 17.6 Å². The number of aromatic amines is 1. The number of nitrogens with zero attached hydrogens (tertiary/aromatic N) is 3. The zero-order chi connectivity index (χ0) is 23.5. The molecule has 0 aliphatic carbocycles.